The lowest BCUT2D eigenvalue weighted by atomic mass is 9.94. The molecule has 0 bridgehead atoms. The molecule has 1 fully saturated rings. The average Bonchev–Trinajstić information content (AvgIpc) is 3.10. The number of hydrogen-bond acceptors (Lipinski definition) is 5. The maximum Gasteiger partial charge on any atom is 0.276 e. The van der Waals surface area contributed by atoms with Gasteiger partial charge in [-0.2, -0.15) is 4.37 Å². The highest BCUT2D eigenvalue weighted by molar-refractivity contribution is 7.11. The highest BCUT2D eigenvalue weighted by Gasteiger charge is 2.35. The lowest BCUT2D eigenvalue weighted by molar-refractivity contribution is -0.127. The number of aromatic nitrogens is 1. The third-order valence-electron chi connectivity index (χ3n) is 5.29. The molecule has 0 unspecified atom stereocenters. The summed E-state index contributed by atoms with van der Waals surface area (Å²) in [6.07, 6.45) is 5.02. The van der Waals surface area contributed by atoms with E-state index in [1.807, 2.05) is 0 Å². The van der Waals surface area contributed by atoms with E-state index >= 15 is 0 Å². The summed E-state index contributed by atoms with van der Waals surface area (Å²) in [5, 5.41) is 3.12. The van der Waals surface area contributed by atoms with Crippen LogP contribution in [-0.4, -0.2) is 47.4 Å². The zero-order valence-corrected chi connectivity index (χ0v) is 19.4. The highest BCUT2D eigenvalue weighted by atomic mass is 35.5. The molecule has 3 rings (SSSR count). The Morgan fingerprint density at radius 2 is 1.94 bits per heavy atom. The van der Waals surface area contributed by atoms with E-state index in [0.717, 1.165) is 43.6 Å². The van der Waals surface area contributed by atoms with E-state index in [2.05, 4.69) is 9.69 Å². The molecule has 1 saturated carbocycles. The van der Waals surface area contributed by atoms with Crippen LogP contribution in [0.4, 0.5) is 4.39 Å². The molecule has 2 amide bonds. The molecule has 0 radical (unpaired) electrons. The van der Waals surface area contributed by atoms with E-state index in [9.17, 15) is 14.0 Å². The summed E-state index contributed by atoms with van der Waals surface area (Å²) in [5.41, 5.74) is 0.460. The van der Waals surface area contributed by atoms with Crippen molar-refractivity contribution in [2.24, 2.45) is 0 Å². The highest BCUT2D eigenvalue weighted by Crippen LogP contribution is 2.32. The number of amides is 2. The van der Waals surface area contributed by atoms with Gasteiger partial charge in [0.05, 0.1) is 6.61 Å². The third kappa shape index (κ3) is 5.94. The molecule has 1 N–H and O–H groups in total. The summed E-state index contributed by atoms with van der Waals surface area (Å²) >= 11 is 13.1. The predicted molar refractivity (Wildman–Crippen MR) is 119 cm³/mol. The zero-order valence-electron chi connectivity index (χ0n) is 17.1. The van der Waals surface area contributed by atoms with Crippen LogP contribution in [0.15, 0.2) is 24.3 Å². The van der Waals surface area contributed by atoms with Gasteiger partial charge in [-0.3, -0.25) is 9.59 Å². The molecule has 1 aliphatic carbocycles. The Morgan fingerprint density at radius 1 is 1.26 bits per heavy atom. The monoisotopic (exact) mass is 487 g/mol. The number of hydrogen-bond donors (Lipinski definition) is 1. The van der Waals surface area contributed by atoms with Crippen LogP contribution in [0.5, 0.6) is 0 Å². The molecule has 0 saturated heterocycles. The first-order valence-electron chi connectivity index (χ1n) is 10.1. The van der Waals surface area contributed by atoms with Crippen molar-refractivity contribution in [1.82, 2.24) is 14.6 Å². The van der Waals surface area contributed by atoms with Gasteiger partial charge in [-0.05, 0) is 42.1 Å². The van der Waals surface area contributed by atoms with E-state index in [4.69, 9.17) is 27.9 Å². The Morgan fingerprint density at radius 3 is 2.52 bits per heavy atom. The lowest BCUT2D eigenvalue weighted by Crippen LogP contribution is -2.48. The van der Waals surface area contributed by atoms with Crippen molar-refractivity contribution in [1.29, 1.82) is 0 Å². The van der Waals surface area contributed by atoms with Gasteiger partial charge < -0.3 is 15.0 Å². The van der Waals surface area contributed by atoms with Crippen LogP contribution in [0.3, 0.4) is 0 Å². The Kier molecular flexibility index (Phi) is 8.66. The number of carbonyl (C=O) groups is 2. The Hall–Kier alpha value is -1.74. The minimum atomic E-state index is -0.998. The van der Waals surface area contributed by atoms with Crippen LogP contribution in [0.1, 0.15) is 54.2 Å². The molecule has 1 atom stereocenters. The topological polar surface area (TPSA) is 71.5 Å². The van der Waals surface area contributed by atoms with Crippen LogP contribution >= 0.6 is 34.7 Å². The molecule has 2 aromatic rings. The second kappa shape index (κ2) is 11.2. The van der Waals surface area contributed by atoms with E-state index < -0.39 is 17.8 Å². The lowest BCUT2D eigenvalue weighted by Gasteiger charge is -2.33. The summed E-state index contributed by atoms with van der Waals surface area (Å²) in [6.45, 7) is 0.302. The Bertz CT molecular complexity index is 904. The van der Waals surface area contributed by atoms with Crippen LogP contribution < -0.4 is 5.32 Å². The third-order valence-corrected chi connectivity index (χ3v) is 6.91. The molecule has 1 aromatic heterocycles. The fraction of sp³-hybridized carbons (Fsp3) is 0.476. The van der Waals surface area contributed by atoms with Crippen molar-refractivity contribution < 1.29 is 18.7 Å². The van der Waals surface area contributed by atoms with E-state index in [0.29, 0.717) is 5.56 Å². The first kappa shape index (κ1) is 23.9. The number of ether oxygens (including phenoxy) is 1. The largest absolute Gasteiger partial charge is 0.383 e. The van der Waals surface area contributed by atoms with Crippen LogP contribution in [0.2, 0.25) is 9.36 Å². The molecule has 1 heterocycles. The Balaban J connectivity index is 1.97. The standard InChI is InChI=1S/C21H24Cl2FN3O3S/c1-30-12-11-27(21(29)17-16(22)19(23)31-26-17)18(13-7-9-14(24)10-8-13)20(28)25-15-5-3-2-4-6-15/h7-10,15,18H,2-6,11-12H2,1H3,(H,25,28)/t18-/m0/s1. The molecule has 1 aliphatic rings. The average molecular weight is 488 g/mol. The minimum absolute atomic E-state index is 0.0228. The summed E-state index contributed by atoms with van der Waals surface area (Å²) < 4.78 is 23.0. The second-order valence-electron chi connectivity index (χ2n) is 7.41. The second-order valence-corrected chi connectivity index (χ2v) is 9.16. The molecule has 1 aromatic carbocycles. The van der Waals surface area contributed by atoms with Gasteiger partial charge in [0.15, 0.2) is 5.69 Å². The van der Waals surface area contributed by atoms with E-state index in [1.165, 1.54) is 36.3 Å². The summed E-state index contributed by atoms with van der Waals surface area (Å²) in [7, 11) is 1.50. The number of benzene rings is 1. The fourth-order valence-electron chi connectivity index (χ4n) is 3.71. The summed E-state index contributed by atoms with van der Waals surface area (Å²) in [4.78, 5) is 28.1. The molecular weight excluding hydrogens is 464 g/mol. The van der Waals surface area contributed by atoms with Gasteiger partial charge in [-0.25, -0.2) is 4.39 Å². The number of halogens is 3. The van der Waals surface area contributed by atoms with Crippen molar-refractivity contribution >= 4 is 46.5 Å². The molecule has 31 heavy (non-hydrogen) atoms. The molecule has 0 aliphatic heterocycles. The van der Waals surface area contributed by atoms with Crippen molar-refractivity contribution in [3.05, 3.63) is 50.7 Å². The van der Waals surface area contributed by atoms with Gasteiger partial charge in [0.2, 0.25) is 5.91 Å². The van der Waals surface area contributed by atoms with Gasteiger partial charge in [-0.15, -0.1) is 0 Å². The fourth-order valence-corrected chi connectivity index (χ4v) is 4.70. The normalized spacial score (nSPS) is 15.5. The number of carbonyl (C=O) groups excluding carboxylic acids is 2. The number of rotatable bonds is 8. The maximum atomic E-state index is 13.6. The smallest absolute Gasteiger partial charge is 0.276 e. The van der Waals surface area contributed by atoms with Crippen LogP contribution in [0.25, 0.3) is 0 Å². The van der Waals surface area contributed by atoms with Crippen molar-refractivity contribution in [3.8, 4) is 0 Å². The van der Waals surface area contributed by atoms with Gasteiger partial charge in [0.25, 0.3) is 5.91 Å². The zero-order chi connectivity index (χ0) is 22.4. The van der Waals surface area contributed by atoms with Gasteiger partial charge in [0, 0.05) is 19.7 Å². The van der Waals surface area contributed by atoms with Crippen molar-refractivity contribution in [3.63, 3.8) is 0 Å². The Labute approximate surface area is 194 Å². The molecular formula is C21H24Cl2FN3O3S. The molecule has 6 nitrogen and oxygen atoms in total. The predicted octanol–water partition coefficient (Wildman–Crippen LogP) is 4.87. The maximum absolute atomic E-state index is 13.6. The number of nitrogens with one attached hydrogen (secondary N) is 1. The van der Waals surface area contributed by atoms with Crippen molar-refractivity contribution in [2.45, 2.75) is 44.2 Å². The van der Waals surface area contributed by atoms with Crippen molar-refractivity contribution in [2.75, 3.05) is 20.3 Å². The summed E-state index contributed by atoms with van der Waals surface area (Å²) in [5.74, 6) is -1.31. The number of nitrogens with zero attached hydrogens (tertiary/aromatic N) is 2. The molecule has 0 spiro atoms. The SMILES string of the molecule is COCCN(C(=O)c1nsc(Cl)c1Cl)[C@H](C(=O)NC1CCCCC1)c1ccc(F)cc1. The van der Waals surface area contributed by atoms with E-state index in [1.54, 1.807) is 0 Å². The molecule has 168 valence electrons. The minimum Gasteiger partial charge on any atom is -0.383 e. The number of methoxy groups -OCH3 is 1. The van der Waals surface area contributed by atoms with E-state index in [-0.39, 0.29) is 40.2 Å². The van der Waals surface area contributed by atoms with Gasteiger partial charge >= 0.3 is 0 Å². The summed E-state index contributed by atoms with van der Waals surface area (Å²) in [6, 6.07) is 4.58. The first-order chi connectivity index (χ1) is 14.9. The van der Waals surface area contributed by atoms with Crippen LogP contribution in [0, 0.1) is 5.82 Å². The first-order valence-corrected chi connectivity index (χ1v) is 11.6. The van der Waals surface area contributed by atoms with Crippen LogP contribution in [-0.2, 0) is 9.53 Å². The quantitative estimate of drug-likeness (QED) is 0.576. The van der Waals surface area contributed by atoms with Gasteiger partial charge in [-0.1, -0.05) is 54.6 Å². The molecule has 10 heteroatoms. The van der Waals surface area contributed by atoms with Gasteiger partial charge in [0.1, 0.15) is 21.2 Å².